The lowest BCUT2D eigenvalue weighted by Gasteiger charge is -2.17. The Hall–Kier alpha value is -3.73. The molecule has 2 aromatic heterocycles. The molecule has 32 heavy (non-hydrogen) atoms. The number of nitrogens with one attached hydrogen (secondary N) is 2. The molecule has 9 nitrogen and oxygen atoms in total. The van der Waals surface area contributed by atoms with E-state index in [-0.39, 0.29) is 16.7 Å². The van der Waals surface area contributed by atoms with Crippen molar-refractivity contribution in [2.45, 2.75) is 11.8 Å². The second-order valence-electron chi connectivity index (χ2n) is 7.29. The summed E-state index contributed by atoms with van der Waals surface area (Å²) < 4.78 is 43.3. The van der Waals surface area contributed by atoms with Crippen LogP contribution in [0.4, 0.5) is 27.7 Å². The first kappa shape index (κ1) is 21.5. The summed E-state index contributed by atoms with van der Waals surface area (Å²) in [5.74, 6) is 1.30. The van der Waals surface area contributed by atoms with Crippen LogP contribution in [0.1, 0.15) is 5.56 Å². The zero-order valence-electron chi connectivity index (χ0n) is 17.8. The van der Waals surface area contributed by atoms with Crippen LogP contribution in [-0.4, -0.2) is 49.0 Å². The number of hydrogen-bond donors (Lipinski definition) is 2. The van der Waals surface area contributed by atoms with Gasteiger partial charge in [-0.1, -0.05) is 0 Å². The molecule has 0 saturated heterocycles. The number of halogens is 1. The van der Waals surface area contributed by atoms with E-state index in [0.717, 1.165) is 6.26 Å². The Morgan fingerprint density at radius 3 is 2.69 bits per heavy atom. The van der Waals surface area contributed by atoms with E-state index >= 15 is 0 Å². The fourth-order valence-corrected chi connectivity index (χ4v) is 3.87. The quantitative estimate of drug-likeness (QED) is 0.451. The first-order valence-corrected chi connectivity index (χ1v) is 11.4. The van der Waals surface area contributed by atoms with Crippen molar-refractivity contribution in [2.75, 3.05) is 30.6 Å². The molecule has 2 aromatic carbocycles. The van der Waals surface area contributed by atoms with E-state index in [2.05, 4.69) is 25.5 Å². The summed E-state index contributed by atoms with van der Waals surface area (Å²) in [6.45, 7) is 1.69. The van der Waals surface area contributed by atoms with Crippen molar-refractivity contribution in [1.29, 1.82) is 0 Å². The number of fused-ring (bicyclic) bond motifs is 1. The van der Waals surface area contributed by atoms with Gasteiger partial charge in [0.05, 0.1) is 17.5 Å². The molecule has 0 saturated carbocycles. The molecule has 166 valence electrons. The number of benzene rings is 2. The maximum absolute atomic E-state index is 14.1. The third-order valence-corrected chi connectivity index (χ3v) is 6.02. The van der Waals surface area contributed by atoms with Crippen LogP contribution in [0, 0.1) is 12.7 Å². The van der Waals surface area contributed by atoms with E-state index in [0.29, 0.717) is 39.5 Å². The van der Waals surface area contributed by atoms with Gasteiger partial charge in [-0.05, 0) is 42.8 Å². The lowest BCUT2D eigenvalue weighted by molar-refractivity contribution is 0.413. The van der Waals surface area contributed by atoms with E-state index in [1.165, 1.54) is 25.3 Å². The molecular weight excluding hydrogens is 435 g/mol. The molecular formula is C21H21FN6O3S. The lowest BCUT2D eigenvalue weighted by Crippen LogP contribution is -2.13. The second kappa shape index (κ2) is 8.08. The number of sulfone groups is 1. The van der Waals surface area contributed by atoms with E-state index in [4.69, 9.17) is 4.74 Å². The van der Waals surface area contributed by atoms with Crippen LogP contribution in [0.5, 0.6) is 5.75 Å². The van der Waals surface area contributed by atoms with E-state index in [9.17, 15) is 12.8 Å². The number of anilines is 4. The number of H-pyrrole nitrogens is 1. The van der Waals surface area contributed by atoms with E-state index < -0.39 is 9.84 Å². The Balaban J connectivity index is 1.67. The molecule has 0 atom stereocenters. The smallest absolute Gasteiger partial charge is 0.229 e. The largest absolute Gasteiger partial charge is 0.497 e. The van der Waals surface area contributed by atoms with Crippen LogP contribution in [0.2, 0.25) is 0 Å². The minimum absolute atomic E-state index is 0.105. The number of aromatic amines is 1. The molecule has 0 radical (unpaired) electrons. The van der Waals surface area contributed by atoms with Gasteiger partial charge in [0.2, 0.25) is 5.95 Å². The first-order valence-electron chi connectivity index (χ1n) is 9.53. The Bertz CT molecular complexity index is 1420. The van der Waals surface area contributed by atoms with Crippen molar-refractivity contribution in [3.63, 3.8) is 0 Å². The predicted molar refractivity (Wildman–Crippen MR) is 120 cm³/mol. The minimum atomic E-state index is -3.44. The van der Waals surface area contributed by atoms with Gasteiger partial charge in [-0.2, -0.15) is 10.1 Å². The van der Waals surface area contributed by atoms with Crippen molar-refractivity contribution in [2.24, 2.45) is 0 Å². The number of nitrogens with zero attached hydrogens (tertiary/aromatic N) is 4. The maximum atomic E-state index is 14.1. The monoisotopic (exact) mass is 456 g/mol. The molecule has 0 unspecified atom stereocenters. The standard InChI is InChI=1S/C21H21FN6O3S/c1-12-7-18-16(11-17(12)22)20(27-26-18)28(2)19-5-6-23-21(25-19)24-13-8-14(31-3)10-15(9-13)32(4,29)30/h5-11H,1-4H3,(H,26,27)(H,23,24,25). The highest BCUT2D eigenvalue weighted by Crippen LogP contribution is 2.30. The summed E-state index contributed by atoms with van der Waals surface area (Å²) >= 11 is 0. The summed E-state index contributed by atoms with van der Waals surface area (Å²) in [5.41, 5.74) is 1.69. The molecule has 2 N–H and O–H groups in total. The van der Waals surface area contributed by atoms with Crippen molar-refractivity contribution >= 4 is 44.0 Å². The van der Waals surface area contributed by atoms with Gasteiger partial charge in [0.15, 0.2) is 15.7 Å². The summed E-state index contributed by atoms with van der Waals surface area (Å²) in [5, 5.41) is 10.8. The molecule has 0 aliphatic rings. The number of rotatable bonds is 6. The number of aryl methyl sites for hydroxylation is 1. The lowest BCUT2D eigenvalue weighted by atomic mass is 10.1. The zero-order chi connectivity index (χ0) is 23.0. The molecule has 11 heteroatoms. The van der Waals surface area contributed by atoms with Gasteiger partial charge < -0.3 is 15.0 Å². The Labute approximate surface area is 184 Å². The topological polar surface area (TPSA) is 113 Å². The SMILES string of the molecule is COc1cc(Nc2nccc(N(C)c3n[nH]c4cc(C)c(F)cc34)n2)cc(S(C)(=O)=O)c1. The van der Waals surface area contributed by atoms with Gasteiger partial charge in [0.25, 0.3) is 0 Å². The molecule has 0 bridgehead atoms. The Kier molecular flexibility index (Phi) is 5.43. The number of aromatic nitrogens is 4. The van der Waals surface area contributed by atoms with Crippen LogP contribution in [-0.2, 0) is 9.84 Å². The summed E-state index contributed by atoms with van der Waals surface area (Å²) in [4.78, 5) is 10.5. The Morgan fingerprint density at radius 1 is 1.19 bits per heavy atom. The minimum Gasteiger partial charge on any atom is -0.497 e. The van der Waals surface area contributed by atoms with Crippen LogP contribution >= 0.6 is 0 Å². The van der Waals surface area contributed by atoms with Gasteiger partial charge in [-0.3, -0.25) is 5.10 Å². The van der Waals surface area contributed by atoms with E-state index in [1.807, 2.05) is 0 Å². The number of ether oxygens (including phenoxy) is 1. The third kappa shape index (κ3) is 4.19. The van der Waals surface area contributed by atoms with Crippen molar-refractivity contribution in [1.82, 2.24) is 20.2 Å². The highest BCUT2D eigenvalue weighted by molar-refractivity contribution is 7.90. The van der Waals surface area contributed by atoms with Crippen molar-refractivity contribution in [3.05, 3.63) is 54.0 Å². The molecule has 0 fully saturated rings. The van der Waals surface area contributed by atoms with Crippen LogP contribution < -0.4 is 15.0 Å². The average Bonchev–Trinajstić information content (AvgIpc) is 3.15. The van der Waals surface area contributed by atoms with Crippen LogP contribution in [0.3, 0.4) is 0 Å². The fourth-order valence-electron chi connectivity index (χ4n) is 3.20. The summed E-state index contributed by atoms with van der Waals surface area (Å²) in [7, 11) is -0.229. The normalized spacial score (nSPS) is 11.5. The van der Waals surface area contributed by atoms with Crippen LogP contribution in [0.25, 0.3) is 10.9 Å². The third-order valence-electron chi connectivity index (χ3n) is 4.92. The maximum Gasteiger partial charge on any atom is 0.229 e. The number of methoxy groups -OCH3 is 1. The molecule has 0 aliphatic carbocycles. The highest BCUT2D eigenvalue weighted by atomic mass is 32.2. The van der Waals surface area contributed by atoms with E-state index in [1.54, 1.807) is 43.3 Å². The molecule has 4 rings (SSSR count). The van der Waals surface area contributed by atoms with Gasteiger partial charge in [-0.25, -0.2) is 17.8 Å². The second-order valence-corrected chi connectivity index (χ2v) is 9.30. The average molecular weight is 457 g/mol. The molecule has 4 aromatic rings. The molecule has 0 amide bonds. The van der Waals surface area contributed by atoms with Crippen molar-refractivity contribution in [3.8, 4) is 5.75 Å². The van der Waals surface area contributed by atoms with Crippen molar-refractivity contribution < 1.29 is 17.5 Å². The Morgan fingerprint density at radius 2 is 1.97 bits per heavy atom. The predicted octanol–water partition coefficient (Wildman–Crippen LogP) is 3.72. The van der Waals surface area contributed by atoms with Gasteiger partial charge >= 0.3 is 0 Å². The fraction of sp³-hybridized carbons (Fsp3) is 0.190. The number of hydrogen-bond acceptors (Lipinski definition) is 8. The van der Waals surface area contributed by atoms with Gasteiger partial charge in [0.1, 0.15) is 17.4 Å². The summed E-state index contributed by atoms with van der Waals surface area (Å²) in [6, 6.07) is 9.37. The summed E-state index contributed by atoms with van der Waals surface area (Å²) in [6.07, 6.45) is 2.68. The zero-order valence-corrected chi connectivity index (χ0v) is 18.7. The molecule has 2 heterocycles. The van der Waals surface area contributed by atoms with Gasteiger partial charge in [-0.15, -0.1) is 0 Å². The highest BCUT2D eigenvalue weighted by Gasteiger charge is 2.16. The van der Waals surface area contributed by atoms with Gasteiger partial charge in [0, 0.05) is 36.6 Å². The molecule has 0 aliphatic heterocycles. The first-order chi connectivity index (χ1) is 15.2. The molecule has 0 spiro atoms. The van der Waals surface area contributed by atoms with Crippen LogP contribution in [0.15, 0.2) is 47.5 Å².